The summed E-state index contributed by atoms with van der Waals surface area (Å²) in [6.45, 7) is 9.23. The van der Waals surface area contributed by atoms with Gasteiger partial charge in [0.2, 0.25) is 0 Å². The molecule has 5 heteroatoms. The van der Waals surface area contributed by atoms with Crippen LogP contribution in [0, 0.1) is 0 Å². The molecule has 0 aliphatic carbocycles. The van der Waals surface area contributed by atoms with Crippen molar-refractivity contribution in [3.63, 3.8) is 0 Å². The van der Waals surface area contributed by atoms with Crippen LogP contribution >= 0.6 is 0 Å². The third-order valence-corrected chi connectivity index (χ3v) is 4.43. The highest BCUT2D eigenvalue weighted by molar-refractivity contribution is 5.77. The van der Waals surface area contributed by atoms with Gasteiger partial charge in [-0.05, 0) is 49.8 Å². The smallest absolute Gasteiger partial charge is 0.258 e. The summed E-state index contributed by atoms with van der Waals surface area (Å²) in [6.07, 6.45) is 0. The molecule has 0 bridgehead atoms. The van der Waals surface area contributed by atoms with E-state index in [2.05, 4.69) is 36.2 Å². The summed E-state index contributed by atoms with van der Waals surface area (Å²) in [5.41, 5.74) is 1.20. The highest BCUT2D eigenvalue weighted by Crippen LogP contribution is 2.20. The first-order chi connectivity index (χ1) is 13.2. The molecule has 0 aromatic heterocycles. The lowest BCUT2D eigenvalue weighted by atomic mass is 10.1. The van der Waals surface area contributed by atoms with E-state index in [1.807, 2.05) is 37.3 Å². The van der Waals surface area contributed by atoms with Crippen molar-refractivity contribution in [1.29, 1.82) is 0 Å². The normalized spacial score (nSPS) is 11.9. The molecule has 5 nitrogen and oxygen atoms in total. The molecule has 0 saturated heterocycles. The summed E-state index contributed by atoms with van der Waals surface area (Å²) in [6, 6.07) is 17.7. The summed E-state index contributed by atoms with van der Waals surface area (Å²) in [7, 11) is 0. The van der Waals surface area contributed by atoms with Crippen LogP contribution in [0.5, 0.6) is 11.5 Å². The molecular weight excluding hydrogens is 340 g/mol. The molecular formula is C22H30N2O3. The quantitative estimate of drug-likeness (QED) is 0.656. The Morgan fingerprint density at radius 3 is 2.07 bits per heavy atom. The standard InChI is InChI=1S/C22H30N2O3/c1-4-24(5-2)21(18-10-8-7-9-11-18)16-23-22(25)17-27-20-14-12-19(13-15-20)26-6-3/h7-15,21H,4-6,16-17H2,1-3H3,(H,23,25). The van der Waals surface area contributed by atoms with Crippen molar-refractivity contribution in [1.82, 2.24) is 10.2 Å². The van der Waals surface area contributed by atoms with Crippen LogP contribution < -0.4 is 14.8 Å². The van der Waals surface area contributed by atoms with E-state index in [9.17, 15) is 4.79 Å². The van der Waals surface area contributed by atoms with Gasteiger partial charge >= 0.3 is 0 Å². The van der Waals surface area contributed by atoms with E-state index in [0.717, 1.165) is 18.8 Å². The Morgan fingerprint density at radius 2 is 1.52 bits per heavy atom. The Hall–Kier alpha value is -2.53. The maximum atomic E-state index is 12.2. The minimum Gasteiger partial charge on any atom is -0.494 e. The molecule has 2 aromatic rings. The van der Waals surface area contributed by atoms with Crippen molar-refractivity contribution in [3.05, 3.63) is 60.2 Å². The zero-order valence-corrected chi connectivity index (χ0v) is 16.5. The van der Waals surface area contributed by atoms with E-state index in [0.29, 0.717) is 18.9 Å². The Kier molecular flexibility index (Phi) is 8.65. The predicted molar refractivity (Wildman–Crippen MR) is 108 cm³/mol. The summed E-state index contributed by atoms with van der Waals surface area (Å²) in [5, 5.41) is 3.00. The van der Waals surface area contributed by atoms with Crippen LogP contribution in [-0.2, 0) is 4.79 Å². The monoisotopic (exact) mass is 370 g/mol. The average Bonchev–Trinajstić information content (AvgIpc) is 2.71. The molecule has 0 fully saturated rings. The van der Waals surface area contributed by atoms with E-state index in [1.54, 1.807) is 12.1 Å². The minimum atomic E-state index is -0.128. The number of hydrogen-bond acceptors (Lipinski definition) is 4. The lowest BCUT2D eigenvalue weighted by Gasteiger charge is -2.30. The number of carbonyl (C=O) groups excluding carboxylic acids is 1. The Balaban J connectivity index is 1.87. The molecule has 1 amide bonds. The topological polar surface area (TPSA) is 50.8 Å². The average molecular weight is 370 g/mol. The highest BCUT2D eigenvalue weighted by atomic mass is 16.5. The van der Waals surface area contributed by atoms with Gasteiger partial charge in [-0.3, -0.25) is 9.69 Å². The molecule has 0 aliphatic rings. The van der Waals surface area contributed by atoms with Crippen molar-refractivity contribution in [3.8, 4) is 11.5 Å². The number of ether oxygens (including phenoxy) is 2. The molecule has 0 aliphatic heterocycles. The fraction of sp³-hybridized carbons (Fsp3) is 0.409. The second-order valence-corrected chi connectivity index (χ2v) is 6.14. The van der Waals surface area contributed by atoms with Gasteiger partial charge in [0.25, 0.3) is 5.91 Å². The van der Waals surface area contributed by atoms with E-state index < -0.39 is 0 Å². The molecule has 1 unspecified atom stereocenters. The molecule has 0 heterocycles. The number of nitrogens with one attached hydrogen (secondary N) is 1. The predicted octanol–water partition coefficient (Wildman–Crippen LogP) is 3.66. The van der Waals surface area contributed by atoms with Crippen molar-refractivity contribution in [2.75, 3.05) is 32.8 Å². The lowest BCUT2D eigenvalue weighted by molar-refractivity contribution is -0.123. The van der Waals surface area contributed by atoms with Crippen molar-refractivity contribution in [2.24, 2.45) is 0 Å². The molecule has 0 radical (unpaired) electrons. The van der Waals surface area contributed by atoms with Crippen molar-refractivity contribution in [2.45, 2.75) is 26.8 Å². The van der Waals surface area contributed by atoms with Gasteiger partial charge in [0, 0.05) is 6.54 Å². The molecule has 1 N–H and O–H groups in total. The Morgan fingerprint density at radius 1 is 0.926 bits per heavy atom. The van der Waals surface area contributed by atoms with Crippen molar-refractivity contribution >= 4 is 5.91 Å². The van der Waals surface area contributed by atoms with Gasteiger partial charge in [0.15, 0.2) is 6.61 Å². The van der Waals surface area contributed by atoms with Gasteiger partial charge in [0.05, 0.1) is 12.6 Å². The minimum absolute atomic E-state index is 0.00621. The van der Waals surface area contributed by atoms with Crippen LogP contribution in [0.4, 0.5) is 0 Å². The first-order valence-corrected chi connectivity index (χ1v) is 9.59. The molecule has 2 aromatic carbocycles. The summed E-state index contributed by atoms with van der Waals surface area (Å²) in [4.78, 5) is 14.6. The van der Waals surface area contributed by atoms with Gasteiger partial charge in [-0.15, -0.1) is 0 Å². The molecule has 0 spiro atoms. The third kappa shape index (κ3) is 6.61. The summed E-state index contributed by atoms with van der Waals surface area (Å²) >= 11 is 0. The number of hydrogen-bond donors (Lipinski definition) is 1. The Labute approximate surface area is 162 Å². The third-order valence-electron chi connectivity index (χ3n) is 4.43. The summed E-state index contributed by atoms with van der Waals surface area (Å²) in [5.74, 6) is 1.31. The second kappa shape index (κ2) is 11.2. The van der Waals surface area contributed by atoms with E-state index in [-0.39, 0.29) is 18.6 Å². The second-order valence-electron chi connectivity index (χ2n) is 6.14. The molecule has 27 heavy (non-hydrogen) atoms. The van der Waals surface area contributed by atoms with Gasteiger partial charge in [0.1, 0.15) is 11.5 Å². The maximum Gasteiger partial charge on any atom is 0.258 e. The Bertz CT molecular complexity index is 670. The van der Waals surface area contributed by atoms with Crippen LogP contribution in [0.1, 0.15) is 32.4 Å². The highest BCUT2D eigenvalue weighted by Gasteiger charge is 2.18. The number of likely N-dealkylation sites (N-methyl/N-ethyl adjacent to an activating group) is 1. The van der Waals surface area contributed by atoms with Crippen LogP contribution in [0.25, 0.3) is 0 Å². The SMILES string of the molecule is CCOc1ccc(OCC(=O)NCC(c2ccccc2)N(CC)CC)cc1. The van der Waals surface area contributed by atoms with Gasteiger partial charge < -0.3 is 14.8 Å². The van der Waals surface area contributed by atoms with Crippen LogP contribution in [-0.4, -0.2) is 43.7 Å². The zero-order chi connectivity index (χ0) is 19.5. The molecule has 0 saturated carbocycles. The number of rotatable bonds is 11. The fourth-order valence-electron chi connectivity index (χ4n) is 3.01. The van der Waals surface area contributed by atoms with Gasteiger partial charge in [-0.1, -0.05) is 44.2 Å². The zero-order valence-electron chi connectivity index (χ0n) is 16.5. The molecule has 2 rings (SSSR count). The summed E-state index contributed by atoms with van der Waals surface area (Å²) < 4.78 is 11.0. The van der Waals surface area contributed by atoms with Crippen molar-refractivity contribution < 1.29 is 14.3 Å². The van der Waals surface area contributed by atoms with Crippen LogP contribution in [0.3, 0.4) is 0 Å². The van der Waals surface area contributed by atoms with E-state index in [4.69, 9.17) is 9.47 Å². The van der Waals surface area contributed by atoms with E-state index >= 15 is 0 Å². The maximum absolute atomic E-state index is 12.2. The number of benzene rings is 2. The number of amides is 1. The first-order valence-electron chi connectivity index (χ1n) is 9.59. The van der Waals surface area contributed by atoms with Gasteiger partial charge in [-0.25, -0.2) is 0 Å². The fourth-order valence-corrected chi connectivity index (χ4v) is 3.01. The van der Waals surface area contributed by atoms with Gasteiger partial charge in [-0.2, -0.15) is 0 Å². The largest absolute Gasteiger partial charge is 0.494 e. The molecule has 1 atom stereocenters. The lowest BCUT2D eigenvalue weighted by Crippen LogP contribution is -2.39. The van der Waals surface area contributed by atoms with Crippen LogP contribution in [0.15, 0.2) is 54.6 Å². The molecule has 146 valence electrons. The first kappa shape index (κ1) is 20.8. The van der Waals surface area contributed by atoms with Crippen LogP contribution in [0.2, 0.25) is 0 Å². The number of carbonyl (C=O) groups is 1. The van der Waals surface area contributed by atoms with E-state index in [1.165, 1.54) is 5.56 Å². The number of nitrogens with zero attached hydrogens (tertiary/aromatic N) is 1.